The Balaban J connectivity index is 3.16. The van der Waals surface area contributed by atoms with Crippen molar-refractivity contribution in [3.63, 3.8) is 0 Å². The van der Waals surface area contributed by atoms with Crippen LogP contribution in [0.15, 0.2) is 18.2 Å². The fourth-order valence-corrected chi connectivity index (χ4v) is 2.87. The fraction of sp³-hybridized carbons (Fsp3) is 0.588. The van der Waals surface area contributed by atoms with Crippen molar-refractivity contribution in [1.29, 1.82) is 0 Å². The Hall–Kier alpha value is -1.77. The number of hydrogen-bond donors (Lipinski definition) is 2. The van der Waals surface area contributed by atoms with Crippen LogP contribution in [0.5, 0.6) is 0 Å². The van der Waals surface area contributed by atoms with Crippen LogP contribution in [0.4, 0.5) is 26.3 Å². The molecule has 1 aromatic carbocycles. The Labute approximate surface area is 147 Å². The average molecular weight is 385 g/mol. The molecule has 3 N–H and O–H groups in total. The number of carboxylic acids is 1. The Morgan fingerprint density at radius 2 is 1.58 bits per heavy atom. The largest absolute Gasteiger partial charge is 0.480 e. The summed E-state index contributed by atoms with van der Waals surface area (Å²) in [5, 5.41) is 9.05. The van der Waals surface area contributed by atoms with E-state index in [4.69, 9.17) is 10.8 Å². The van der Waals surface area contributed by atoms with E-state index < -0.39 is 52.9 Å². The number of halogens is 6. The zero-order valence-electron chi connectivity index (χ0n) is 14.3. The Morgan fingerprint density at radius 3 is 1.92 bits per heavy atom. The third-order valence-electron chi connectivity index (χ3n) is 4.37. The molecule has 0 bridgehead atoms. The maximum absolute atomic E-state index is 13.1. The van der Waals surface area contributed by atoms with E-state index in [1.54, 1.807) is 6.92 Å². The molecule has 0 radical (unpaired) electrons. The molecule has 0 aliphatic heterocycles. The van der Waals surface area contributed by atoms with E-state index in [0.717, 1.165) is 6.07 Å². The minimum Gasteiger partial charge on any atom is -0.480 e. The fourth-order valence-electron chi connectivity index (χ4n) is 2.87. The average Bonchev–Trinajstić information content (AvgIpc) is 2.48. The second kappa shape index (κ2) is 7.85. The van der Waals surface area contributed by atoms with Crippen LogP contribution in [-0.4, -0.2) is 16.6 Å². The molecule has 0 aliphatic rings. The van der Waals surface area contributed by atoms with Crippen molar-refractivity contribution in [1.82, 2.24) is 0 Å². The molecule has 0 amide bonds. The molecule has 26 heavy (non-hydrogen) atoms. The molecule has 2 unspecified atom stereocenters. The lowest BCUT2D eigenvalue weighted by Gasteiger charge is -2.26. The quantitative estimate of drug-likeness (QED) is 0.658. The maximum atomic E-state index is 13.1. The van der Waals surface area contributed by atoms with Crippen LogP contribution >= 0.6 is 0 Å². The van der Waals surface area contributed by atoms with Gasteiger partial charge < -0.3 is 10.8 Å². The summed E-state index contributed by atoms with van der Waals surface area (Å²) in [5.41, 5.74) is 0.578. The van der Waals surface area contributed by atoms with Gasteiger partial charge in [-0.1, -0.05) is 19.4 Å². The first-order valence-electron chi connectivity index (χ1n) is 7.98. The van der Waals surface area contributed by atoms with Crippen LogP contribution < -0.4 is 5.73 Å². The molecule has 3 nitrogen and oxygen atoms in total. The van der Waals surface area contributed by atoms with E-state index >= 15 is 0 Å². The molecule has 0 heterocycles. The number of alkyl halides is 6. The van der Waals surface area contributed by atoms with Crippen molar-refractivity contribution >= 4 is 5.97 Å². The van der Waals surface area contributed by atoms with E-state index in [1.807, 2.05) is 0 Å². The topological polar surface area (TPSA) is 63.3 Å². The van der Waals surface area contributed by atoms with Crippen LogP contribution in [-0.2, 0) is 23.6 Å². The molecule has 1 rings (SSSR count). The summed E-state index contributed by atoms with van der Waals surface area (Å²) in [4.78, 5) is 11.1. The highest BCUT2D eigenvalue weighted by atomic mass is 19.4. The van der Waals surface area contributed by atoms with Crippen molar-refractivity contribution in [3.05, 3.63) is 34.9 Å². The van der Waals surface area contributed by atoms with Gasteiger partial charge in [0.25, 0.3) is 0 Å². The van der Waals surface area contributed by atoms with E-state index in [-0.39, 0.29) is 12.8 Å². The van der Waals surface area contributed by atoms with Gasteiger partial charge >= 0.3 is 18.3 Å². The molecule has 0 saturated carbocycles. The number of rotatable bonds is 7. The monoisotopic (exact) mass is 385 g/mol. The number of benzene rings is 1. The minimum absolute atomic E-state index is 0.0350. The van der Waals surface area contributed by atoms with Gasteiger partial charge in [0.2, 0.25) is 0 Å². The highest BCUT2D eigenvalue weighted by Crippen LogP contribution is 2.40. The second-order valence-electron chi connectivity index (χ2n) is 6.57. The summed E-state index contributed by atoms with van der Waals surface area (Å²) in [6.45, 7) is 2.95. The molecule has 0 fully saturated rings. The molecular formula is C17H21F6NO2. The smallest absolute Gasteiger partial charge is 0.416 e. The van der Waals surface area contributed by atoms with Gasteiger partial charge in [-0.25, -0.2) is 0 Å². The van der Waals surface area contributed by atoms with E-state index in [2.05, 4.69) is 0 Å². The molecule has 9 heteroatoms. The first-order chi connectivity index (χ1) is 11.7. The van der Waals surface area contributed by atoms with Crippen molar-refractivity contribution in [2.45, 2.75) is 57.4 Å². The van der Waals surface area contributed by atoms with Crippen LogP contribution in [0.2, 0.25) is 0 Å². The van der Waals surface area contributed by atoms with Gasteiger partial charge in [0.05, 0.1) is 11.1 Å². The van der Waals surface area contributed by atoms with Gasteiger partial charge in [-0.15, -0.1) is 0 Å². The van der Waals surface area contributed by atoms with Gasteiger partial charge in [-0.3, -0.25) is 4.79 Å². The zero-order valence-corrected chi connectivity index (χ0v) is 14.3. The third-order valence-corrected chi connectivity index (χ3v) is 4.37. The molecule has 148 valence electrons. The summed E-state index contributed by atoms with van der Waals surface area (Å²) >= 11 is 0. The van der Waals surface area contributed by atoms with Crippen LogP contribution in [0.3, 0.4) is 0 Å². The summed E-state index contributed by atoms with van der Waals surface area (Å²) in [6.07, 6.45) is -10.0. The van der Waals surface area contributed by atoms with Gasteiger partial charge in [0.1, 0.15) is 5.54 Å². The summed E-state index contributed by atoms with van der Waals surface area (Å²) in [5.74, 6) is -1.70. The van der Waals surface area contributed by atoms with Crippen molar-refractivity contribution in [2.24, 2.45) is 11.7 Å². The number of carboxylic acid groups (broad SMARTS) is 1. The molecule has 0 aliphatic carbocycles. The van der Waals surface area contributed by atoms with Gasteiger partial charge in [-0.05, 0) is 49.8 Å². The lowest BCUT2D eigenvalue weighted by Crippen LogP contribution is -2.46. The summed E-state index contributed by atoms with van der Waals surface area (Å²) in [6, 6.07) is 1.97. The highest BCUT2D eigenvalue weighted by molar-refractivity contribution is 5.77. The molecule has 0 saturated heterocycles. The zero-order chi connectivity index (χ0) is 20.3. The molecule has 0 spiro atoms. The minimum atomic E-state index is -4.91. The molecule has 0 aromatic heterocycles. The van der Waals surface area contributed by atoms with Gasteiger partial charge in [0, 0.05) is 0 Å². The van der Waals surface area contributed by atoms with Gasteiger partial charge in [-0.2, -0.15) is 26.3 Å². The first-order valence-corrected chi connectivity index (χ1v) is 7.98. The first kappa shape index (κ1) is 22.3. The lowest BCUT2D eigenvalue weighted by molar-refractivity contribution is -0.144. The van der Waals surface area contributed by atoms with Crippen LogP contribution in [0.1, 0.15) is 49.8 Å². The third kappa shape index (κ3) is 5.62. The van der Waals surface area contributed by atoms with Gasteiger partial charge in [0.15, 0.2) is 0 Å². The van der Waals surface area contributed by atoms with Crippen LogP contribution in [0, 0.1) is 5.92 Å². The molecular weight excluding hydrogens is 364 g/mol. The van der Waals surface area contributed by atoms with Crippen molar-refractivity contribution in [3.8, 4) is 0 Å². The predicted octanol–water partition coefficient (Wildman–Crippen LogP) is 4.88. The SMILES string of the molecule is CCC(CCc1c(C(F)(F)F)cccc1C(F)(F)F)CC(C)(N)C(=O)O. The number of aliphatic carboxylic acids is 1. The lowest BCUT2D eigenvalue weighted by atomic mass is 9.83. The number of nitrogens with two attached hydrogens (primary N) is 1. The van der Waals surface area contributed by atoms with E-state index in [9.17, 15) is 31.1 Å². The molecule has 1 aromatic rings. The van der Waals surface area contributed by atoms with E-state index in [0.29, 0.717) is 18.6 Å². The van der Waals surface area contributed by atoms with Crippen molar-refractivity contribution < 1.29 is 36.2 Å². The Morgan fingerprint density at radius 1 is 1.12 bits per heavy atom. The normalized spacial score (nSPS) is 16.2. The number of carbonyl (C=O) groups is 1. The second-order valence-corrected chi connectivity index (χ2v) is 6.57. The van der Waals surface area contributed by atoms with E-state index in [1.165, 1.54) is 6.92 Å². The Kier molecular flexibility index (Phi) is 6.73. The van der Waals surface area contributed by atoms with Crippen LogP contribution in [0.25, 0.3) is 0 Å². The highest BCUT2D eigenvalue weighted by Gasteiger charge is 2.40. The summed E-state index contributed by atoms with van der Waals surface area (Å²) < 4.78 is 78.8. The molecule has 2 atom stereocenters. The Bertz CT molecular complexity index is 605. The maximum Gasteiger partial charge on any atom is 0.416 e. The predicted molar refractivity (Wildman–Crippen MR) is 83.4 cm³/mol. The summed E-state index contributed by atoms with van der Waals surface area (Å²) in [7, 11) is 0. The standard InChI is InChI=1S/C17H21F6NO2/c1-3-10(9-15(2,24)14(25)26)7-8-11-12(16(18,19)20)5-4-6-13(11)17(21,22)23/h4-6,10H,3,7-9,24H2,1-2H3,(H,25,26). The number of hydrogen-bond acceptors (Lipinski definition) is 2. The van der Waals surface area contributed by atoms with Crippen molar-refractivity contribution in [2.75, 3.05) is 0 Å².